The number of hydrogen-bond donors (Lipinski definition) is 0. The average Bonchev–Trinajstić information content (AvgIpc) is 3.55. The van der Waals surface area contributed by atoms with Gasteiger partial charge in [0.15, 0.2) is 0 Å². The molecule has 0 N–H and O–H groups in total. The third kappa shape index (κ3) is 4.87. The van der Waals surface area contributed by atoms with E-state index in [0.717, 1.165) is 19.3 Å². The molecule has 0 saturated carbocycles. The van der Waals surface area contributed by atoms with Crippen molar-refractivity contribution in [1.29, 1.82) is 0 Å². The van der Waals surface area contributed by atoms with Crippen LogP contribution in [-0.4, -0.2) is 19.2 Å². The third-order valence-electron chi connectivity index (χ3n) is 11.3. The summed E-state index contributed by atoms with van der Waals surface area (Å²) in [4.78, 5) is 14.1. The monoisotopic (exact) mass is 638 g/mol. The SMILES string of the molecule is O=C(CC1(CC2(CC3(Cc4ccccc4)c4ccccc4-c4ccccc43)COC2)c2ccccc2-c2ccccc21)Oc1ccccc1. The molecule has 0 atom stereocenters. The fraction of sp³-hybridized carbons (Fsp3) is 0.196. The molecule has 0 unspecified atom stereocenters. The van der Waals surface area contributed by atoms with E-state index in [0.29, 0.717) is 19.0 Å². The molecule has 240 valence electrons. The predicted molar refractivity (Wildman–Crippen MR) is 195 cm³/mol. The first-order chi connectivity index (χ1) is 24.1. The Morgan fingerprint density at radius 1 is 0.510 bits per heavy atom. The van der Waals surface area contributed by atoms with E-state index >= 15 is 0 Å². The fourth-order valence-electron chi connectivity index (χ4n) is 9.50. The molecule has 3 nitrogen and oxygen atoms in total. The van der Waals surface area contributed by atoms with Gasteiger partial charge < -0.3 is 9.47 Å². The summed E-state index contributed by atoms with van der Waals surface area (Å²) in [5, 5.41) is 0. The molecule has 6 aromatic carbocycles. The molecule has 3 aliphatic rings. The zero-order valence-electron chi connectivity index (χ0n) is 27.5. The molecule has 3 heteroatoms. The number of carbonyl (C=O) groups is 1. The molecule has 0 spiro atoms. The average molecular weight is 639 g/mol. The van der Waals surface area contributed by atoms with Gasteiger partial charge in [-0.15, -0.1) is 0 Å². The molecule has 6 aromatic rings. The van der Waals surface area contributed by atoms with Crippen LogP contribution >= 0.6 is 0 Å². The van der Waals surface area contributed by atoms with Crippen LogP contribution in [0.3, 0.4) is 0 Å². The van der Waals surface area contributed by atoms with Crippen LogP contribution in [0.5, 0.6) is 5.75 Å². The highest BCUT2D eigenvalue weighted by atomic mass is 16.5. The van der Waals surface area contributed by atoms with Gasteiger partial charge in [0.05, 0.1) is 19.6 Å². The van der Waals surface area contributed by atoms with Gasteiger partial charge in [-0.05, 0) is 81.5 Å². The highest BCUT2D eigenvalue weighted by Crippen LogP contribution is 2.62. The van der Waals surface area contributed by atoms with E-state index in [2.05, 4.69) is 127 Å². The van der Waals surface area contributed by atoms with Crippen molar-refractivity contribution in [3.63, 3.8) is 0 Å². The van der Waals surface area contributed by atoms with Crippen LogP contribution in [0.4, 0.5) is 0 Å². The Morgan fingerprint density at radius 3 is 1.39 bits per heavy atom. The maximum Gasteiger partial charge on any atom is 0.312 e. The molecule has 9 rings (SSSR count). The molecule has 0 radical (unpaired) electrons. The van der Waals surface area contributed by atoms with Gasteiger partial charge in [0, 0.05) is 16.2 Å². The van der Waals surface area contributed by atoms with Crippen molar-refractivity contribution < 1.29 is 14.3 Å². The predicted octanol–water partition coefficient (Wildman–Crippen LogP) is 9.95. The van der Waals surface area contributed by atoms with Crippen molar-refractivity contribution in [3.8, 4) is 28.0 Å². The normalized spacial score (nSPS) is 16.8. The van der Waals surface area contributed by atoms with Crippen LogP contribution in [0.15, 0.2) is 158 Å². The minimum absolute atomic E-state index is 0.197. The molecule has 1 fully saturated rings. The fourth-order valence-corrected chi connectivity index (χ4v) is 9.50. The number of esters is 1. The van der Waals surface area contributed by atoms with E-state index < -0.39 is 5.41 Å². The number of fused-ring (bicyclic) bond motifs is 6. The summed E-state index contributed by atoms with van der Waals surface area (Å²) in [6, 6.07) is 55.7. The van der Waals surface area contributed by atoms with E-state index in [1.54, 1.807) is 0 Å². The second kappa shape index (κ2) is 11.7. The zero-order chi connectivity index (χ0) is 32.9. The van der Waals surface area contributed by atoms with Crippen molar-refractivity contribution in [1.82, 2.24) is 0 Å². The van der Waals surface area contributed by atoms with Crippen LogP contribution in [-0.2, 0) is 26.8 Å². The van der Waals surface area contributed by atoms with Crippen LogP contribution in [0.25, 0.3) is 22.3 Å². The van der Waals surface area contributed by atoms with Crippen LogP contribution < -0.4 is 4.74 Å². The van der Waals surface area contributed by atoms with Crippen LogP contribution in [0.1, 0.15) is 47.1 Å². The molecule has 0 amide bonds. The topological polar surface area (TPSA) is 35.5 Å². The van der Waals surface area contributed by atoms with Crippen LogP contribution in [0.2, 0.25) is 0 Å². The summed E-state index contributed by atoms with van der Waals surface area (Å²) in [7, 11) is 0. The van der Waals surface area contributed by atoms with E-state index in [1.165, 1.54) is 50.1 Å². The lowest BCUT2D eigenvalue weighted by Crippen LogP contribution is -2.52. The van der Waals surface area contributed by atoms with Gasteiger partial charge in [-0.2, -0.15) is 0 Å². The molecule has 0 aromatic heterocycles. The lowest BCUT2D eigenvalue weighted by Gasteiger charge is -2.52. The number of rotatable bonds is 9. The maximum atomic E-state index is 14.1. The molecular weight excluding hydrogens is 601 g/mol. The minimum atomic E-state index is -0.575. The van der Waals surface area contributed by atoms with Gasteiger partial charge in [0.1, 0.15) is 5.75 Å². The number of para-hydroxylation sites is 1. The first-order valence-electron chi connectivity index (χ1n) is 17.4. The number of ether oxygens (including phenoxy) is 2. The van der Waals surface area contributed by atoms with Gasteiger partial charge in [0.25, 0.3) is 0 Å². The van der Waals surface area contributed by atoms with Crippen molar-refractivity contribution in [2.75, 3.05) is 13.2 Å². The van der Waals surface area contributed by atoms with E-state index in [1.807, 2.05) is 30.3 Å². The minimum Gasteiger partial charge on any atom is -0.426 e. The van der Waals surface area contributed by atoms with E-state index in [9.17, 15) is 4.79 Å². The molecular formula is C46H38O3. The van der Waals surface area contributed by atoms with Gasteiger partial charge in [-0.3, -0.25) is 4.79 Å². The molecule has 1 saturated heterocycles. The molecule has 49 heavy (non-hydrogen) atoms. The van der Waals surface area contributed by atoms with Crippen molar-refractivity contribution in [2.45, 2.75) is 36.5 Å². The van der Waals surface area contributed by atoms with E-state index in [4.69, 9.17) is 9.47 Å². The second-order valence-electron chi connectivity index (χ2n) is 14.3. The summed E-state index contributed by atoms with van der Waals surface area (Å²) in [6.45, 7) is 1.29. The molecule has 1 heterocycles. The Morgan fingerprint density at radius 2 is 0.918 bits per heavy atom. The van der Waals surface area contributed by atoms with Gasteiger partial charge >= 0.3 is 5.97 Å². The quantitative estimate of drug-likeness (QED) is 0.117. The van der Waals surface area contributed by atoms with E-state index in [-0.39, 0.29) is 23.2 Å². The highest BCUT2D eigenvalue weighted by Gasteiger charge is 2.57. The summed E-state index contributed by atoms with van der Waals surface area (Å²) < 4.78 is 12.3. The maximum absolute atomic E-state index is 14.1. The Bertz CT molecular complexity index is 2070. The first kappa shape index (κ1) is 29.9. The summed E-state index contributed by atoms with van der Waals surface area (Å²) in [5.74, 6) is 0.355. The Hall–Kier alpha value is -5.25. The lowest BCUT2D eigenvalue weighted by molar-refractivity contribution is -0.145. The standard InChI is InChI=1S/C46H38O3/c47-43(49-34-17-5-2-6-18-34)28-46(41-25-13-9-21-37(41)38-22-10-14-26-42(38)46)30-44(31-48-32-44)29-45(27-33-15-3-1-4-16-33)39-23-11-7-19-35(39)36-20-8-12-24-40(36)45/h1-26H,27-32H2. The Balaban J connectivity index is 1.20. The molecule has 1 aliphatic heterocycles. The molecule has 0 bridgehead atoms. The molecule has 2 aliphatic carbocycles. The summed E-state index contributed by atoms with van der Waals surface area (Å²) in [6.07, 6.45) is 2.82. The van der Waals surface area contributed by atoms with Gasteiger partial charge in [-0.25, -0.2) is 0 Å². The number of benzene rings is 6. The first-order valence-corrected chi connectivity index (χ1v) is 17.4. The van der Waals surface area contributed by atoms with Crippen molar-refractivity contribution in [2.24, 2.45) is 5.41 Å². The highest BCUT2D eigenvalue weighted by molar-refractivity contribution is 5.86. The van der Waals surface area contributed by atoms with Crippen molar-refractivity contribution in [3.05, 3.63) is 186 Å². The van der Waals surface area contributed by atoms with Gasteiger partial charge in [-0.1, -0.05) is 146 Å². The summed E-state index contributed by atoms with van der Waals surface area (Å²) >= 11 is 0. The van der Waals surface area contributed by atoms with Gasteiger partial charge in [0.2, 0.25) is 0 Å². The third-order valence-corrected chi connectivity index (χ3v) is 11.3. The Kier molecular flexibility index (Phi) is 7.14. The lowest BCUT2D eigenvalue weighted by atomic mass is 9.56. The number of carbonyl (C=O) groups excluding carboxylic acids is 1. The number of hydrogen-bond acceptors (Lipinski definition) is 3. The zero-order valence-corrected chi connectivity index (χ0v) is 27.5. The summed E-state index contributed by atoms with van der Waals surface area (Å²) in [5.41, 5.74) is 10.5. The smallest absolute Gasteiger partial charge is 0.312 e. The van der Waals surface area contributed by atoms with Crippen molar-refractivity contribution >= 4 is 5.97 Å². The Labute approximate surface area is 288 Å². The largest absolute Gasteiger partial charge is 0.426 e. The second-order valence-corrected chi connectivity index (χ2v) is 14.3. The van der Waals surface area contributed by atoms with Crippen LogP contribution in [0, 0.1) is 5.41 Å².